The third-order valence-electron chi connectivity index (χ3n) is 5.52. The molecule has 0 saturated heterocycles. The Balaban J connectivity index is 1.82. The normalized spacial score (nSPS) is 11.3. The summed E-state index contributed by atoms with van der Waals surface area (Å²) < 4.78 is 16.5. The molecule has 2 N–H and O–H groups in total. The van der Waals surface area contributed by atoms with Crippen LogP contribution in [0, 0.1) is 19.7 Å². The van der Waals surface area contributed by atoms with Gasteiger partial charge in [0.25, 0.3) is 0 Å². The Bertz CT molecular complexity index is 1590. The number of nitrogens with two attached hydrogens (primary N) is 1. The van der Waals surface area contributed by atoms with E-state index >= 15 is 0 Å². The van der Waals surface area contributed by atoms with Crippen molar-refractivity contribution in [3.8, 4) is 22.4 Å². The zero-order valence-electron chi connectivity index (χ0n) is 18.5. The average molecular weight is 475 g/mol. The Morgan fingerprint density at radius 2 is 1.68 bits per heavy atom. The van der Waals surface area contributed by atoms with Gasteiger partial charge in [0.05, 0.1) is 22.8 Å². The van der Waals surface area contributed by atoms with Crippen LogP contribution in [-0.4, -0.2) is 24.1 Å². The van der Waals surface area contributed by atoms with E-state index in [2.05, 4.69) is 15.1 Å². The Morgan fingerprint density at radius 3 is 2.38 bits per heavy atom. The molecule has 9 heteroatoms. The molecule has 0 saturated carbocycles. The van der Waals surface area contributed by atoms with Gasteiger partial charge < -0.3 is 5.73 Å². The zero-order chi connectivity index (χ0) is 24.0. The minimum absolute atomic E-state index is 0.00157. The molecule has 5 aromatic rings. The second-order valence-corrected chi connectivity index (χ2v) is 8.39. The molecule has 0 bridgehead atoms. The van der Waals surface area contributed by atoms with Crippen molar-refractivity contribution >= 4 is 23.2 Å². The van der Waals surface area contributed by atoms with Crippen molar-refractivity contribution in [3.63, 3.8) is 0 Å². The molecular weight excluding hydrogens is 455 g/mol. The average Bonchev–Trinajstić information content (AvgIpc) is 3.13. The summed E-state index contributed by atoms with van der Waals surface area (Å²) in [4.78, 5) is 22.4. The highest BCUT2D eigenvalue weighted by Gasteiger charge is 2.22. The molecule has 34 heavy (non-hydrogen) atoms. The molecule has 0 aliphatic heterocycles. The number of hydrogen-bond acceptors (Lipinski definition) is 5. The molecule has 0 aliphatic rings. The van der Waals surface area contributed by atoms with E-state index in [0.29, 0.717) is 22.5 Å². The topological polar surface area (TPSA) is 91.1 Å². The van der Waals surface area contributed by atoms with Gasteiger partial charge in [-0.15, -0.1) is 5.10 Å². The highest BCUT2D eigenvalue weighted by molar-refractivity contribution is 6.31. The highest BCUT2D eigenvalue weighted by Crippen LogP contribution is 2.35. The van der Waals surface area contributed by atoms with Crippen LogP contribution in [0.1, 0.15) is 17.0 Å². The van der Waals surface area contributed by atoms with Crippen LogP contribution in [0.25, 0.3) is 28.0 Å². The first kappa shape index (κ1) is 21.8. The Hall–Kier alpha value is -4.04. The summed E-state index contributed by atoms with van der Waals surface area (Å²) >= 11 is 6.12. The first-order valence-corrected chi connectivity index (χ1v) is 10.9. The third kappa shape index (κ3) is 3.72. The van der Waals surface area contributed by atoms with Crippen LogP contribution in [0.4, 0.5) is 10.3 Å². The third-order valence-corrected chi connectivity index (χ3v) is 5.95. The molecule has 3 heterocycles. The number of anilines is 1. The number of fused-ring (bicyclic) bond motifs is 1. The van der Waals surface area contributed by atoms with Gasteiger partial charge in [-0.2, -0.15) is 0 Å². The van der Waals surface area contributed by atoms with Crippen molar-refractivity contribution in [3.05, 3.63) is 98.9 Å². The Kier molecular flexibility index (Phi) is 5.37. The number of hydrogen-bond donors (Lipinski definition) is 1. The largest absolute Gasteiger partial charge is 0.369 e. The summed E-state index contributed by atoms with van der Waals surface area (Å²) in [5, 5.41) is 4.55. The number of rotatable bonds is 4. The predicted molar refractivity (Wildman–Crippen MR) is 130 cm³/mol. The van der Waals surface area contributed by atoms with Crippen molar-refractivity contribution in [1.82, 2.24) is 24.1 Å². The van der Waals surface area contributed by atoms with Gasteiger partial charge in [0.1, 0.15) is 5.82 Å². The number of nitrogen functional groups attached to an aromatic ring is 1. The van der Waals surface area contributed by atoms with Gasteiger partial charge in [-0.05, 0) is 43.2 Å². The molecule has 0 aliphatic carbocycles. The molecule has 0 spiro atoms. The molecule has 0 atom stereocenters. The van der Waals surface area contributed by atoms with Gasteiger partial charge in [-0.25, -0.2) is 23.3 Å². The van der Waals surface area contributed by atoms with Crippen LogP contribution in [0.2, 0.25) is 5.02 Å². The van der Waals surface area contributed by atoms with E-state index in [4.69, 9.17) is 17.3 Å². The molecule has 0 unspecified atom stereocenters. The maximum absolute atomic E-state index is 14.0. The predicted octanol–water partition coefficient (Wildman–Crippen LogP) is 4.66. The molecule has 3 aromatic heterocycles. The highest BCUT2D eigenvalue weighted by atomic mass is 35.5. The van der Waals surface area contributed by atoms with Crippen molar-refractivity contribution in [2.75, 3.05) is 5.73 Å². The first-order valence-electron chi connectivity index (χ1n) is 10.6. The maximum Gasteiger partial charge on any atom is 0.353 e. The second kappa shape index (κ2) is 8.39. The fourth-order valence-electron chi connectivity index (χ4n) is 4.09. The fraction of sp³-hybridized carbons (Fsp3) is 0.120. The van der Waals surface area contributed by atoms with Gasteiger partial charge in [0, 0.05) is 17.0 Å². The SMILES string of the molecule is Cc1cc(-c2c(-c3ccccc3)nc(N)n3c(=O)n(Cc4cccc(F)c4Cl)nc23)cc(C)n1. The van der Waals surface area contributed by atoms with E-state index in [1.807, 2.05) is 56.3 Å². The van der Waals surface area contributed by atoms with Gasteiger partial charge in [-0.1, -0.05) is 54.1 Å². The van der Waals surface area contributed by atoms with Crippen molar-refractivity contribution in [2.45, 2.75) is 20.4 Å². The maximum atomic E-state index is 14.0. The Morgan fingerprint density at radius 1 is 0.971 bits per heavy atom. The molecule has 0 radical (unpaired) electrons. The first-order chi connectivity index (χ1) is 16.3. The van der Waals surface area contributed by atoms with E-state index in [0.717, 1.165) is 22.5 Å². The number of benzene rings is 2. The van der Waals surface area contributed by atoms with E-state index in [9.17, 15) is 9.18 Å². The van der Waals surface area contributed by atoms with E-state index in [-0.39, 0.29) is 17.5 Å². The van der Waals surface area contributed by atoms with Crippen molar-refractivity contribution in [2.24, 2.45) is 0 Å². The zero-order valence-corrected chi connectivity index (χ0v) is 19.2. The van der Waals surface area contributed by atoms with Crippen molar-refractivity contribution in [1.29, 1.82) is 0 Å². The Labute approximate surface area is 199 Å². The van der Waals surface area contributed by atoms with Crippen LogP contribution in [0.3, 0.4) is 0 Å². The van der Waals surface area contributed by atoms with Gasteiger partial charge in [0.15, 0.2) is 5.65 Å². The molecule has 7 nitrogen and oxygen atoms in total. The van der Waals surface area contributed by atoms with Gasteiger partial charge in [0.2, 0.25) is 5.95 Å². The molecule has 0 amide bonds. The number of halogens is 2. The van der Waals surface area contributed by atoms with Crippen LogP contribution >= 0.6 is 11.6 Å². The smallest absolute Gasteiger partial charge is 0.353 e. The lowest BCUT2D eigenvalue weighted by atomic mass is 9.99. The lowest BCUT2D eigenvalue weighted by molar-refractivity contribution is 0.616. The van der Waals surface area contributed by atoms with Gasteiger partial charge in [-0.3, -0.25) is 4.98 Å². The number of pyridine rings is 1. The molecular formula is C25H20ClFN6O. The molecule has 5 rings (SSSR count). The van der Waals surface area contributed by atoms with Crippen LogP contribution < -0.4 is 11.4 Å². The number of nitrogens with zero attached hydrogens (tertiary/aromatic N) is 5. The second-order valence-electron chi connectivity index (χ2n) is 8.01. The molecule has 0 fully saturated rings. The minimum Gasteiger partial charge on any atom is -0.369 e. The summed E-state index contributed by atoms with van der Waals surface area (Å²) in [6.45, 7) is 3.78. The monoisotopic (exact) mass is 474 g/mol. The number of aromatic nitrogens is 5. The summed E-state index contributed by atoms with van der Waals surface area (Å²) in [5.41, 5.74) is 11.0. The van der Waals surface area contributed by atoms with E-state index in [1.165, 1.54) is 21.2 Å². The quantitative estimate of drug-likeness (QED) is 0.409. The van der Waals surface area contributed by atoms with Crippen LogP contribution in [0.15, 0.2) is 65.5 Å². The fourth-order valence-corrected chi connectivity index (χ4v) is 4.27. The molecule has 170 valence electrons. The summed E-state index contributed by atoms with van der Waals surface area (Å²) in [7, 11) is 0. The van der Waals surface area contributed by atoms with E-state index in [1.54, 1.807) is 6.07 Å². The lowest BCUT2D eigenvalue weighted by Crippen LogP contribution is -2.24. The van der Waals surface area contributed by atoms with Crippen LogP contribution in [-0.2, 0) is 6.54 Å². The standard InChI is InChI=1S/C25H20ClFN6O/c1-14-11-18(12-15(2)29-14)20-22(16-7-4-3-5-8-16)30-24(28)33-23(20)31-32(25(33)34)13-17-9-6-10-19(27)21(17)26/h3-12H,13H2,1-2H3,(H2,28,30). The minimum atomic E-state index is -0.563. The summed E-state index contributed by atoms with van der Waals surface area (Å²) in [6, 6.07) is 17.8. The number of aryl methyl sites for hydroxylation is 2. The van der Waals surface area contributed by atoms with Gasteiger partial charge >= 0.3 is 5.69 Å². The van der Waals surface area contributed by atoms with Crippen LogP contribution in [0.5, 0.6) is 0 Å². The van der Waals surface area contributed by atoms with Crippen molar-refractivity contribution < 1.29 is 4.39 Å². The van der Waals surface area contributed by atoms with E-state index < -0.39 is 11.5 Å². The summed E-state index contributed by atoms with van der Waals surface area (Å²) in [5.74, 6) is -0.561. The molecule has 2 aromatic carbocycles. The lowest BCUT2D eigenvalue weighted by Gasteiger charge is -2.13. The summed E-state index contributed by atoms with van der Waals surface area (Å²) in [6.07, 6.45) is 0.